The molecule has 9 heteroatoms. The van der Waals surface area contributed by atoms with Gasteiger partial charge in [-0.15, -0.1) is 0 Å². The number of aromatic nitrogens is 2. The molecule has 0 aliphatic carbocycles. The van der Waals surface area contributed by atoms with Crippen molar-refractivity contribution in [1.29, 1.82) is 0 Å². The van der Waals surface area contributed by atoms with Gasteiger partial charge in [-0.25, -0.2) is 4.68 Å². The van der Waals surface area contributed by atoms with Gasteiger partial charge in [0.2, 0.25) is 17.7 Å². The molecular weight excluding hydrogens is 434 g/mol. The van der Waals surface area contributed by atoms with Gasteiger partial charge in [-0.1, -0.05) is 38.1 Å². The van der Waals surface area contributed by atoms with Crippen LogP contribution in [0.25, 0.3) is 11.3 Å². The number of rotatable bonds is 8. The zero-order valence-electron chi connectivity index (χ0n) is 19.3. The van der Waals surface area contributed by atoms with Gasteiger partial charge in [-0.3, -0.25) is 19.2 Å². The van der Waals surface area contributed by atoms with Crippen molar-refractivity contribution in [3.63, 3.8) is 0 Å². The molecule has 0 saturated carbocycles. The highest BCUT2D eigenvalue weighted by Gasteiger charge is 2.15. The number of anilines is 3. The summed E-state index contributed by atoms with van der Waals surface area (Å²) in [5.41, 5.74) is 2.95. The van der Waals surface area contributed by atoms with Crippen LogP contribution in [0.3, 0.4) is 0 Å². The third-order valence-corrected chi connectivity index (χ3v) is 5.01. The molecule has 2 aromatic carbocycles. The first kappa shape index (κ1) is 24.4. The molecule has 3 aromatic rings. The Morgan fingerprint density at radius 1 is 0.853 bits per heavy atom. The maximum atomic E-state index is 12.9. The Morgan fingerprint density at radius 3 is 2.03 bits per heavy atom. The molecule has 3 amide bonds. The molecule has 3 N–H and O–H groups in total. The molecule has 0 spiro atoms. The summed E-state index contributed by atoms with van der Waals surface area (Å²) in [5.74, 6) is -0.976. The molecule has 1 aromatic heterocycles. The summed E-state index contributed by atoms with van der Waals surface area (Å²) >= 11 is 0. The van der Waals surface area contributed by atoms with Crippen molar-refractivity contribution in [3.8, 4) is 11.3 Å². The Hall–Kier alpha value is -4.27. The molecule has 0 bridgehead atoms. The smallest absolute Gasteiger partial charge is 0.291 e. The van der Waals surface area contributed by atoms with Gasteiger partial charge in [0.15, 0.2) is 0 Å². The number of nitrogens with zero attached hydrogens (tertiary/aromatic N) is 2. The topological polar surface area (TPSA) is 122 Å². The second kappa shape index (κ2) is 11.0. The standard InChI is InChI=1S/C25H27N5O4/c1-4-17-6-8-18(9-7-17)21-14-22(28-23(32)5-2)25(34)30(29-21)15-24(33)27-20-12-10-19(11-13-20)26-16(3)31/h6-14H,4-5,15H2,1-3H3,(H,26,31)(H,27,33)(H,28,32). The SMILES string of the molecule is CCC(=O)Nc1cc(-c2ccc(CC)cc2)nn(CC(=O)Nc2ccc(NC(C)=O)cc2)c1=O. The van der Waals surface area contributed by atoms with Crippen molar-refractivity contribution < 1.29 is 14.4 Å². The molecule has 0 radical (unpaired) electrons. The number of carbonyl (C=O) groups is 3. The average Bonchev–Trinajstić information content (AvgIpc) is 2.82. The minimum absolute atomic E-state index is 0.0591. The highest BCUT2D eigenvalue weighted by Crippen LogP contribution is 2.20. The Kier molecular flexibility index (Phi) is 7.92. The summed E-state index contributed by atoms with van der Waals surface area (Å²) in [4.78, 5) is 48.6. The summed E-state index contributed by atoms with van der Waals surface area (Å²) in [6.07, 6.45) is 1.09. The quantitative estimate of drug-likeness (QED) is 0.474. The van der Waals surface area contributed by atoms with Gasteiger partial charge in [0.25, 0.3) is 5.56 Å². The highest BCUT2D eigenvalue weighted by molar-refractivity contribution is 5.93. The van der Waals surface area contributed by atoms with Crippen molar-refractivity contribution in [2.24, 2.45) is 0 Å². The lowest BCUT2D eigenvalue weighted by molar-refractivity contribution is -0.117. The highest BCUT2D eigenvalue weighted by atomic mass is 16.2. The molecule has 34 heavy (non-hydrogen) atoms. The van der Waals surface area contributed by atoms with Gasteiger partial charge in [0.05, 0.1) is 5.69 Å². The molecule has 0 aliphatic rings. The molecule has 0 atom stereocenters. The predicted octanol–water partition coefficient (Wildman–Crippen LogP) is 3.42. The van der Waals surface area contributed by atoms with Gasteiger partial charge >= 0.3 is 0 Å². The number of hydrogen-bond acceptors (Lipinski definition) is 5. The second-order valence-corrected chi connectivity index (χ2v) is 7.66. The molecule has 0 unspecified atom stereocenters. The van der Waals surface area contributed by atoms with Crippen molar-refractivity contribution in [2.45, 2.75) is 40.2 Å². The second-order valence-electron chi connectivity index (χ2n) is 7.66. The zero-order chi connectivity index (χ0) is 24.7. The van der Waals surface area contributed by atoms with Crippen LogP contribution in [0.1, 0.15) is 32.8 Å². The number of hydrogen-bond donors (Lipinski definition) is 3. The zero-order valence-corrected chi connectivity index (χ0v) is 19.3. The predicted molar refractivity (Wildman–Crippen MR) is 132 cm³/mol. The first-order valence-electron chi connectivity index (χ1n) is 11.0. The molecule has 0 fully saturated rings. The fraction of sp³-hybridized carbons (Fsp3) is 0.240. The van der Waals surface area contributed by atoms with Crippen LogP contribution < -0.4 is 21.5 Å². The van der Waals surface area contributed by atoms with Crippen LogP contribution >= 0.6 is 0 Å². The van der Waals surface area contributed by atoms with Crippen molar-refractivity contribution >= 4 is 34.8 Å². The van der Waals surface area contributed by atoms with Crippen LogP contribution in [0.15, 0.2) is 59.4 Å². The molecule has 3 rings (SSSR count). The van der Waals surface area contributed by atoms with Crippen LogP contribution in [-0.2, 0) is 27.3 Å². The first-order chi connectivity index (χ1) is 16.3. The van der Waals surface area contributed by atoms with E-state index in [1.54, 1.807) is 31.2 Å². The van der Waals surface area contributed by atoms with Crippen LogP contribution in [-0.4, -0.2) is 27.5 Å². The largest absolute Gasteiger partial charge is 0.326 e. The first-order valence-corrected chi connectivity index (χ1v) is 11.0. The van der Waals surface area contributed by atoms with E-state index in [4.69, 9.17) is 0 Å². The van der Waals surface area contributed by atoms with Gasteiger partial charge in [0, 0.05) is 30.3 Å². The van der Waals surface area contributed by atoms with Gasteiger partial charge in [0.1, 0.15) is 12.2 Å². The summed E-state index contributed by atoms with van der Waals surface area (Å²) in [5, 5.41) is 12.3. The Balaban J connectivity index is 1.86. The summed E-state index contributed by atoms with van der Waals surface area (Å²) < 4.78 is 1.04. The summed E-state index contributed by atoms with van der Waals surface area (Å²) in [6.45, 7) is 4.80. The lowest BCUT2D eigenvalue weighted by Gasteiger charge is -2.12. The third kappa shape index (κ3) is 6.38. The number of aryl methyl sites for hydroxylation is 1. The Morgan fingerprint density at radius 2 is 1.47 bits per heavy atom. The molecule has 0 aliphatic heterocycles. The lowest BCUT2D eigenvalue weighted by Crippen LogP contribution is -2.32. The van der Waals surface area contributed by atoms with E-state index in [1.807, 2.05) is 24.3 Å². The van der Waals surface area contributed by atoms with Crippen molar-refractivity contribution in [2.75, 3.05) is 16.0 Å². The number of amides is 3. The molecule has 176 valence electrons. The third-order valence-electron chi connectivity index (χ3n) is 5.01. The van der Waals surface area contributed by atoms with E-state index in [9.17, 15) is 19.2 Å². The van der Waals surface area contributed by atoms with E-state index in [1.165, 1.54) is 13.0 Å². The molecule has 1 heterocycles. The summed E-state index contributed by atoms with van der Waals surface area (Å²) in [6, 6.07) is 15.8. The van der Waals surface area contributed by atoms with E-state index in [0.717, 1.165) is 22.2 Å². The molecule has 0 saturated heterocycles. The van der Waals surface area contributed by atoms with Gasteiger partial charge in [-0.05, 0) is 42.3 Å². The van der Waals surface area contributed by atoms with Crippen molar-refractivity contribution in [1.82, 2.24) is 9.78 Å². The maximum Gasteiger partial charge on any atom is 0.291 e. The van der Waals surface area contributed by atoms with E-state index < -0.39 is 11.5 Å². The Labute approximate surface area is 197 Å². The van der Waals surface area contributed by atoms with E-state index in [2.05, 4.69) is 28.0 Å². The van der Waals surface area contributed by atoms with Crippen LogP contribution in [0.4, 0.5) is 17.1 Å². The van der Waals surface area contributed by atoms with Crippen LogP contribution in [0.5, 0.6) is 0 Å². The monoisotopic (exact) mass is 461 g/mol. The Bertz CT molecular complexity index is 1250. The maximum absolute atomic E-state index is 12.9. The van der Waals surface area contributed by atoms with Crippen LogP contribution in [0.2, 0.25) is 0 Å². The number of nitrogens with one attached hydrogen (secondary N) is 3. The fourth-order valence-corrected chi connectivity index (χ4v) is 3.21. The minimum atomic E-state index is -0.577. The van der Waals surface area contributed by atoms with Gasteiger partial charge < -0.3 is 16.0 Å². The number of benzene rings is 2. The van der Waals surface area contributed by atoms with E-state index in [0.29, 0.717) is 17.1 Å². The number of carbonyl (C=O) groups excluding carboxylic acids is 3. The average molecular weight is 462 g/mol. The van der Waals surface area contributed by atoms with E-state index >= 15 is 0 Å². The normalized spacial score (nSPS) is 10.4. The van der Waals surface area contributed by atoms with Gasteiger partial charge in [-0.2, -0.15) is 5.10 Å². The summed E-state index contributed by atoms with van der Waals surface area (Å²) in [7, 11) is 0. The fourth-order valence-electron chi connectivity index (χ4n) is 3.21. The van der Waals surface area contributed by atoms with Crippen LogP contribution in [0, 0.1) is 0 Å². The minimum Gasteiger partial charge on any atom is -0.326 e. The van der Waals surface area contributed by atoms with E-state index in [-0.39, 0.29) is 30.5 Å². The molecule has 9 nitrogen and oxygen atoms in total. The molecular formula is C25H27N5O4. The van der Waals surface area contributed by atoms with Crippen molar-refractivity contribution in [3.05, 3.63) is 70.5 Å². The lowest BCUT2D eigenvalue weighted by atomic mass is 10.1.